The van der Waals surface area contributed by atoms with Crippen LogP contribution >= 0.6 is 15.9 Å². The third-order valence-electron chi connectivity index (χ3n) is 2.76. The van der Waals surface area contributed by atoms with E-state index in [1.165, 1.54) is 0 Å². The lowest BCUT2D eigenvalue weighted by Gasteiger charge is -2.32. The topological polar surface area (TPSA) is 18.5 Å². The molecule has 1 fully saturated rings. The van der Waals surface area contributed by atoms with Crippen LogP contribution in [0.3, 0.4) is 0 Å². The predicted octanol–water partition coefficient (Wildman–Crippen LogP) is 2.57. The van der Waals surface area contributed by atoms with Gasteiger partial charge in [-0.1, -0.05) is 22.0 Å². The molecule has 0 bridgehead atoms. The average molecular weight is 247 g/mol. The molecule has 1 rings (SSSR count). The fourth-order valence-electron chi connectivity index (χ4n) is 1.13. The Morgan fingerprint density at radius 1 is 1.23 bits per heavy atom. The Labute approximate surface area is 89.0 Å². The van der Waals surface area contributed by atoms with Crippen molar-refractivity contribution in [1.82, 2.24) is 0 Å². The molecule has 0 unspecified atom stereocenters. The maximum atomic E-state index is 5.78. The maximum absolute atomic E-state index is 5.78. The van der Waals surface area contributed by atoms with E-state index in [0.29, 0.717) is 0 Å². The molecule has 1 saturated heterocycles. The molecular weight excluding hydrogens is 231 g/mol. The Kier molecular flexibility index (Phi) is 2.96. The molecule has 0 aromatic rings. The van der Waals surface area contributed by atoms with Gasteiger partial charge in [0, 0.05) is 0 Å². The van der Waals surface area contributed by atoms with Gasteiger partial charge in [-0.15, -0.1) is 6.58 Å². The van der Waals surface area contributed by atoms with Crippen LogP contribution in [0, 0.1) is 0 Å². The van der Waals surface area contributed by atoms with E-state index in [1.807, 2.05) is 27.7 Å². The minimum Gasteiger partial charge on any atom is -0.402 e. The molecule has 0 amide bonds. The minimum absolute atomic E-state index is 0.0496. The normalized spacial score (nSPS) is 27.3. The van der Waals surface area contributed by atoms with Crippen molar-refractivity contribution >= 4 is 23.0 Å². The zero-order valence-electron chi connectivity index (χ0n) is 8.63. The highest BCUT2D eigenvalue weighted by Crippen LogP contribution is 2.38. The number of hydrogen-bond donors (Lipinski definition) is 0. The van der Waals surface area contributed by atoms with Crippen molar-refractivity contribution in [3.63, 3.8) is 0 Å². The molecule has 4 heteroatoms. The lowest BCUT2D eigenvalue weighted by Crippen LogP contribution is -2.41. The van der Waals surface area contributed by atoms with Crippen molar-refractivity contribution < 1.29 is 9.31 Å². The summed E-state index contributed by atoms with van der Waals surface area (Å²) in [6.45, 7) is 11.8. The molecule has 74 valence electrons. The second kappa shape index (κ2) is 3.41. The van der Waals surface area contributed by atoms with Gasteiger partial charge in [0.05, 0.1) is 15.9 Å². The molecule has 0 aromatic carbocycles. The lowest BCUT2D eigenvalue weighted by molar-refractivity contribution is 0.00578. The number of halogens is 1. The van der Waals surface area contributed by atoms with Gasteiger partial charge in [-0.3, -0.25) is 0 Å². The standard InChI is InChI=1S/C9H16BBrO2/c1-6-7(11)10-12-8(2,3)9(4,5)13-10/h6-7H,1H2,2-5H3/t7-/m0/s1. The van der Waals surface area contributed by atoms with Crippen molar-refractivity contribution in [3.8, 4) is 0 Å². The van der Waals surface area contributed by atoms with Crippen molar-refractivity contribution in [2.24, 2.45) is 0 Å². The van der Waals surface area contributed by atoms with Gasteiger partial charge in [-0.2, -0.15) is 0 Å². The summed E-state index contributed by atoms with van der Waals surface area (Å²) < 4.78 is 11.6. The van der Waals surface area contributed by atoms with E-state index in [4.69, 9.17) is 9.31 Å². The highest BCUT2D eigenvalue weighted by atomic mass is 79.9. The van der Waals surface area contributed by atoms with Gasteiger partial charge >= 0.3 is 7.12 Å². The molecule has 1 heterocycles. The number of rotatable bonds is 2. The zero-order valence-corrected chi connectivity index (χ0v) is 10.2. The summed E-state index contributed by atoms with van der Waals surface area (Å²) in [5, 5.41) is 0. The van der Waals surface area contributed by atoms with Crippen LogP contribution in [-0.4, -0.2) is 23.0 Å². The SMILES string of the molecule is C=C[C@H](Br)B1OC(C)(C)C(C)(C)O1. The highest BCUT2D eigenvalue weighted by molar-refractivity contribution is 9.10. The monoisotopic (exact) mass is 246 g/mol. The summed E-state index contributed by atoms with van der Waals surface area (Å²) >= 11 is 3.44. The summed E-state index contributed by atoms with van der Waals surface area (Å²) in [5.74, 6) is 0. The average Bonchev–Trinajstić information content (AvgIpc) is 2.20. The summed E-state index contributed by atoms with van der Waals surface area (Å²) in [4.78, 5) is 0. The molecule has 0 N–H and O–H groups in total. The van der Waals surface area contributed by atoms with Crippen LogP contribution in [-0.2, 0) is 9.31 Å². The first-order chi connectivity index (χ1) is 5.80. The zero-order chi connectivity index (χ0) is 10.3. The quantitative estimate of drug-likeness (QED) is 0.424. The van der Waals surface area contributed by atoms with Gasteiger partial charge in [-0.05, 0) is 27.7 Å². The van der Waals surface area contributed by atoms with E-state index in [-0.39, 0.29) is 23.0 Å². The molecule has 0 spiro atoms. The molecule has 1 aliphatic heterocycles. The van der Waals surface area contributed by atoms with E-state index in [1.54, 1.807) is 6.08 Å². The second-order valence-electron chi connectivity index (χ2n) is 4.30. The van der Waals surface area contributed by atoms with Gasteiger partial charge in [0.1, 0.15) is 0 Å². The van der Waals surface area contributed by atoms with Crippen molar-refractivity contribution in [1.29, 1.82) is 0 Å². The summed E-state index contributed by atoms with van der Waals surface area (Å²) in [6, 6.07) is 0. The van der Waals surface area contributed by atoms with Gasteiger partial charge in [0.2, 0.25) is 0 Å². The van der Waals surface area contributed by atoms with Gasteiger partial charge in [0.15, 0.2) is 0 Å². The smallest absolute Gasteiger partial charge is 0.402 e. The molecule has 13 heavy (non-hydrogen) atoms. The van der Waals surface area contributed by atoms with Crippen LogP contribution in [0.2, 0.25) is 0 Å². The third kappa shape index (κ3) is 2.00. The first-order valence-electron chi connectivity index (χ1n) is 4.42. The first kappa shape index (κ1) is 11.3. The minimum atomic E-state index is -0.257. The van der Waals surface area contributed by atoms with E-state index >= 15 is 0 Å². The van der Waals surface area contributed by atoms with Crippen LogP contribution in [0.25, 0.3) is 0 Å². The van der Waals surface area contributed by atoms with Crippen molar-refractivity contribution in [2.75, 3.05) is 0 Å². The van der Waals surface area contributed by atoms with Crippen molar-refractivity contribution in [2.45, 2.75) is 43.6 Å². The largest absolute Gasteiger partial charge is 0.476 e. The van der Waals surface area contributed by atoms with Crippen molar-refractivity contribution in [3.05, 3.63) is 12.7 Å². The molecule has 0 radical (unpaired) electrons. The van der Waals surface area contributed by atoms with E-state index < -0.39 is 0 Å². The van der Waals surface area contributed by atoms with Crippen LogP contribution in [0.1, 0.15) is 27.7 Å². The van der Waals surface area contributed by atoms with E-state index in [2.05, 4.69) is 22.5 Å². The van der Waals surface area contributed by atoms with Gasteiger partial charge < -0.3 is 9.31 Å². The molecular formula is C9H16BBrO2. The number of alkyl halides is 1. The Balaban J connectivity index is 2.76. The molecule has 0 saturated carbocycles. The maximum Gasteiger partial charge on any atom is 0.476 e. The molecule has 1 atom stereocenters. The molecule has 0 aliphatic carbocycles. The summed E-state index contributed by atoms with van der Waals surface area (Å²) in [6.07, 6.45) is 1.78. The molecule has 2 nitrogen and oxygen atoms in total. The van der Waals surface area contributed by atoms with Gasteiger partial charge in [-0.25, -0.2) is 0 Å². The van der Waals surface area contributed by atoms with E-state index in [9.17, 15) is 0 Å². The van der Waals surface area contributed by atoms with Crippen LogP contribution in [0.15, 0.2) is 12.7 Å². The van der Waals surface area contributed by atoms with Crippen LogP contribution in [0.4, 0.5) is 0 Å². The number of allylic oxidation sites excluding steroid dienone is 1. The fraction of sp³-hybridized carbons (Fsp3) is 0.778. The second-order valence-corrected chi connectivity index (χ2v) is 5.36. The third-order valence-corrected chi connectivity index (χ3v) is 3.56. The predicted molar refractivity (Wildman–Crippen MR) is 59.0 cm³/mol. The van der Waals surface area contributed by atoms with Crippen LogP contribution in [0.5, 0.6) is 0 Å². The van der Waals surface area contributed by atoms with E-state index in [0.717, 1.165) is 0 Å². The highest BCUT2D eigenvalue weighted by Gasteiger charge is 2.52. The fourth-order valence-corrected chi connectivity index (χ4v) is 1.35. The van der Waals surface area contributed by atoms with Crippen LogP contribution < -0.4 is 0 Å². The molecule has 1 aliphatic rings. The van der Waals surface area contributed by atoms with Gasteiger partial charge in [0.25, 0.3) is 0 Å². The summed E-state index contributed by atoms with van der Waals surface area (Å²) in [5.41, 5.74) is -0.514. The summed E-state index contributed by atoms with van der Waals surface area (Å²) in [7, 11) is -0.234. The Hall–Kier alpha value is 0.205. The lowest BCUT2D eigenvalue weighted by atomic mass is 9.85. The molecule has 0 aromatic heterocycles. The Bertz CT molecular complexity index is 200. The Morgan fingerprint density at radius 3 is 1.92 bits per heavy atom. The Morgan fingerprint density at radius 2 is 1.62 bits per heavy atom. The number of hydrogen-bond acceptors (Lipinski definition) is 2. The first-order valence-corrected chi connectivity index (χ1v) is 5.34.